The average Bonchev–Trinajstić information content (AvgIpc) is 2.96. The zero-order chi connectivity index (χ0) is 14.8. The monoisotopic (exact) mass is 324 g/mol. The first-order chi connectivity index (χ1) is 10.1. The molecule has 0 aromatic carbocycles. The molecule has 0 radical (unpaired) electrons. The van der Waals surface area contributed by atoms with E-state index in [1.807, 2.05) is 24.4 Å². The van der Waals surface area contributed by atoms with Crippen LogP contribution < -0.4 is 11.1 Å². The number of nitrogens with two attached hydrogens (primary N) is 1. The van der Waals surface area contributed by atoms with Gasteiger partial charge in [-0.2, -0.15) is 5.10 Å². The second kappa shape index (κ2) is 7.09. The Bertz CT molecular complexity index is 645. The molecule has 120 valence electrons. The molecule has 0 aliphatic heterocycles. The number of carbonyl (C=O) groups is 1. The van der Waals surface area contributed by atoms with Crippen LogP contribution in [0.3, 0.4) is 0 Å². The molecule has 0 unspecified atom stereocenters. The molecule has 3 atom stereocenters. The minimum Gasteiger partial charge on any atom is -0.391 e. The quantitative estimate of drug-likeness (QED) is 0.780. The molecule has 2 heterocycles. The number of hydrogen-bond donors (Lipinski definition) is 3. The van der Waals surface area contributed by atoms with Gasteiger partial charge in [0.1, 0.15) is 0 Å². The van der Waals surface area contributed by atoms with E-state index in [0.29, 0.717) is 19.4 Å². The van der Waals surface area contributed by atoms with Crippen LogP contribution in [0.4, 0.5) is 0 Å². The number of halogens is 1. The molecule has 6 nitrogen and oxygen atoms in total. The molecule has 1 aliphatic rings. The van der Waals surface area contributed by atoms with E-state index < -0.39 is 6.10 Å². The van der Waals surface area contributed by atoms with Crippen LogP contribution in [0.1, 0.15) is 24.8 Å². The van der Waals surface area contributed by atoms with Crippen molar-refractivity contribution < 1.29 is 9.90 Å². The lowest BCUT2D eigenvalue weighted by Gasteiger charge is -2.29. The first-order valence-electron chi connectivity index (χ1n) is 7.28. The van der Waals surface area contributed by atoms with Gasteiger partial charge in [0.15, 0.2) is 0 Å². The van der Waals surface area contributed by atoms with E-state index in [4.69, 9.17) is 5.73 Å². The molecule has 3 rings (SSSR count). The lowest BCUT2D eigenvalue weighted by Crippen LogP contribution is -2.44. The number of hydrogen-bond acceptors (Lipinski definition) is 4. The molecule has 1 saturated carbocycles. The maximum absolute atomic E-state index is 12.2. The Balaban J connectivity index is 0.00000176. The number of nitrogens with zero attached hydrogens (tertiary/aromatic N) is 2. The van der Waals surface area contributed by atoms with Crippen LogP contribution in [0, 0.1) is 5.92 Å². The van der Waals surface area contributed by atoms with Crippen molar-refractivity contribution in [3.8, 4) is 0 Å². The summed E-state index contributed by atoms with van der Waals surface area (Å²) in [5.41, 5.74) is 7.78. The summed E-state index contributed by atoms with van der Waals surface area (Å²) in [4.78, 5) is 12.2. The Hall–Kier alpha value is -1.63. The number of amides is 1. The van der Waals surface area contributed by atoms with Gasteiger partial charge in [0.05, 0.1) is 11.6 Å². The van der Waals surface area contributed by atoms with E-state index in [1.54, 1.807) is 10.7 Å². The maximum atomic E-state index is 12.2. The molecule has 2 aromatic rings. The minimum absolute atomic E-state index is 0. The van der Waals surface area contributed by atoms with Gasteiger partial charge in [-0.25, -0.2) is 4.52 Å². The molecule has 22 heavy (non-hydrogen) atoms. The predicted octanol–water partition coefficient (Wildman–Crippen LogP) is 0.861. The number of pyridine rings is 1. The summed E-state index contributed by atoms with van der Waals surface area (Å²) in [6.45, 7) is 0.466. The number of carbonyl (C=O) groups excluding carboxylic acids is 1. The fourth-order valence-corrected chi connectivity index (χ4v) is 2.90. The van der Waals surface area contributed by atoms with Crippen molar-refractivity contribution in [2.75, 3.05) is 0 Å². The molecule has 0 bridgehead atoms. The molecule has 1 fully saturated rings. The lowest BCUT2D eigenvalue weighted by molar-refractivity contribution is -0.127. The van der Waals surface area contributed by atoms with Gasteiger partial charge in [-0.05, 0) is 37.0 Å². The summed E-state index contributed by atoms with van der Waals surface area (Å²) in [6, 6.07) is 5.60. The third kappa shape index (κ3) is 3.40. The standard InChI is InChI=1S/C15H20N4O2.ClH/c16-12-4-3-10(8-14(12)20)15(21)17-9-11-2-1-7-19-13(11)5-6-18-19;/h1-2,5-7,10,12,14,20H,3-4,8-9,16H2,(H,17,21);1H/t10-,12-,14-;/m0./s1. The first kappa shape index (κ1) is 16.7. The number of nitrogens with one attached hydrogen (secondary N) is 1. The zero-order valence-corrected chi connectivity index (χ0v) is 13.0. The van der Waals surface area contributed by atoms with Crippen LogP contribution in [0.25, 0.3) is 5.52 Å². The second-order valence-electron chi connectivity index (χ2n) is 5.65. The Labute approximate surface area is 135 Å². The summed E-state index contributed by atoms with van der Waals surface area (Å²) in [6.07, 6.45) is 4.91. The van der Waals surface area contributed by atoms with Gasteiger partial charge in [0.2, 0.25) is 5.91 Å². The van der Waals surface area contributed by atoms with Gasteiger partial charge in [0, 0.05) is 30.9 Å². The summed E-state index contributed by atoms with van der Waals surface area (Å²) in [5.74, 6) is -0.160. The van der Waals surface area contributed by atoms with E-state index >= 15 is 0 Å². The molecule has 1 amide bonds. The van der Waals surface area contributed by atoms with Crippen molar-refractivity contribution in [3.05, 3.63) is 36.2 Å². The maximum Gasteiger partial charge on any atom is 0.223 e. The van der Waals surface area contributed by atoms with Crippen LogP contribution in [-0.4, -0.2) is 32.8 Å². The third-order valence-corrected chi connectivity index (χ3v) is 4.22. The van der Waals surface area contributed by atoms with Gasteiger partial charge in [-0.1, -0.05) is 6.07 Å². The molecule has 4 N–H and O–H groups in total. The largest absolute Gasteiger partial charge is 0.391 e. The molecule has 7 heteroatoms. The Morgan fingerprint density at radius 1 is 1.45 bits per heavy atom. The first-order valence-corrected chi connectivity index (χ1v) is 7.28. The number of aromatic nitrogens is 2. The van der Waals surface area contributed by atoms with Gasteiger partial charge in [-0.3, -0.25) is 4.79 Å². The summed E-state index contributed by atoms with van der Waals surface area (Å²) >= 11 is 0. The predicted molar refractivity (Wildman–Crippen MR) is 85.6 cm³/mol. The van der Waals surface area contributed by atoms with E-state index in [-0.39, 0.29) is 30.3 Å². The van der Waals surface area contributed by atoms with Crippen molar-refractivity contribution in [2.24, 2.45) is 11.7 Å². The van der Waals surface area contributed by atoms with E-state index in [2.05, 4.69) is 10.4 Å². The van der Waals surface area contributed by atoms with Gasteiger partial charge in [-0.15, -0.1) is 12.4 Å². The van der Waals surface area contributed by atoms with Crippen molar-refractivity contribution in [1.29, 1.82) is 0 Å². The number of rotatable bonds is 3. The van der Waals surface area contributed by atoms with Crippen molar-refractivity contribution in [1.82, 2.24) is 14.9 Å². The van der Waals surface area contributed by atoms with Crippen molar-refractivity contribution in [2.45, 2.75) is 38.0 Å². The van der Waals surface area contributed by atoms with Crippen LogP contribution in [0.2, 0.25) is 0 Å². The number of fused-ring (bicyclic) bond motifs is 1. The lowest BCUT2D eigenvalue weighted by atomic mass is 9.84. The highest BCUT2D eigenvalue weighted by Crippen LogP contribution is 2.24. The second-order valence-corrected chi connectivity index (χ2v) is 5.65. The SMILES string of the molecule is Cl.N[C@H]1CC[C@H](C(=O)NCc2cccn3nccc23)C[C@@H]1O. The zero-order valence-electron chi connectivity index (χ0n) is 12.2. The number of aliphatic hydroxyl groups is 1. The molecule has 2 aromatic heterocycles. The summed E-state index contributed by atoms with van der Waals surface area (Å²) in [5, 5.41) is 16.9. The molecule has 0 spiro atoms. The topological polar surface area (TPSA) is 92.7 Å². The third-order valence-electron chi connectivity index (χ3n) is 4.22. The average molecular weight is 325 g/mol. The fraction of sp³-hybridized carbons (Fsp3) is 0.467. The summed E-state index contributed by atoms with van der Waals surface area (Å²) in [7, 11) is 0. The molecule has 1 aliphatic carbocycles. The van der Waals surface area contributed by atoms with Gasteiger partial charge in [0.25, 0.3) is 0 Å². The molecule has 0 saturated heterocycles. The minimum atomic E-state index is -0.576. The van der Waals surface area contributed by atoms with Crippen molar-refractivity contribution >= 4 is 23.8 Å². The molecular weight excluding hydrogens is 304 g/mol. The van der Waals surface area contributed by atoms with Crippen LogP contribution in [-0.2, 0) is 11.3 Å². The highest BCUT2D eigenvalue weighted by atomic mass is 35.5. The highest BCUT2D eigenvalue weighted by Gasteiger charge is 2.30. The van der Waals surface area contributed by atoms with E-state index in [1.165, 1.54) is 0 Å². The van der Waals surface area contributed by atoms with Crippen LogP contribution in [0.15, 0.2) is 30.6 Å². The highest BCUT2D eigenvalue weighted by molar-refractivity contribution is 5.85. The smallest absolute Gasteiger partial charge is 0.223 e. The number of aliphatic hydroxyl groups excluding tert-OH is 1. The van der Waals surface area contributed by atoms with Gasteiger partial charge >= 0.3 is 0 Å². The Kier molecular flexibility index (Phi) is 5.39. The van der Waals surface area contributed by atoms with Crippen LogP contribution in [0.5, 0.6) is 0 Å². The molecular formula is C15H21ClN4O2. The van der Waals surface area contributed by atoms with E-state index in [0.717, 1.165) is 17.5 Å². The van der Waals surface area contributed by atoms with Crippen LogP contribution >= 0.6 is 12.4 Å². The normalized spacial score (nSPS) is 24.7. The Morgan fingerprint density at radius 2 is 2.27 bits per heavy atom. The van der Waals surface area contributed by atoms with E-state index in [9.17, 15) is 9.90 Å². The fourth-order valence-electron chi connectivity index (χ4n) is 2.90. The Morgan fingerprint density at radius 3 is 3.05 bits per heavy atom. The van der Waals surface area contributed by atoms with Crippen molar-refractivity contribution in [3.63, 3.8) is 0 Å². The summed E-state index contributed by atoms with van der Waals surface area (Å²) < 4.78 is 1.78. The van der Waals surface area contributed by atoms with Gasteiger partial charge < -0.3 is 16.2 Å².